The number of rotatable bonds is 9. The van der Waals surface area contributed by atoms with E-state index in [0.29, 0.717) is 32.5 Å². The van der Waals surface area contributed by atoms with Crippen LogP contribution in [0.5, 0.6) is 0 Å². The van der Waals surface area contributed by atoms with E-state index in [9.17, 15) is 26.7 Å². The van der Waals surface area contributed by atoms with E-state index in [4.69, 9.17) is 0 Å². The number of hydrogen-bond acceptors (Lipinski definition) is 8. The highest BCUT2D eigenvalue weighted by Crippen LogP contribution is 2.36. The van der Waals surface area contributed by atoms with E-state index in [1.54, 1.807) is 18.7 Å². The molecule has 1 aliphatic rings. The fraction of sp³-hybridized carbons (Fsp3) is 0.667. The van der Waals surface area contributed by atoms with Crippen LogP contribution in [0.3, 0.4) is 0 Å². The average molecular weight is 520 g/mol. The molecule has 0 unspecified atom stereocenters. The molecule has 0 bridgehead atoms. The summed E-state index contributed by atoms with van der Waals surface area (Å²) in [5.74, 6) is 0.0575. The van der Waals surface area contributed by atoms with Crippen LogP contribution in [0.15, 0.2) is 18.6 Å². The number of alkyl halides is 3. The standard InChI is InChI=1S/C21H32F3N7O3S/c1-20(2,32)14-30-13-15(11-26-30)18-17(21(22,23)24)12-25-19(28-18)27-16-5-7-31(8-6-16)35(33,34)10-9-29(3)4/h11-13,16,32H,5-10,14H2,1-4H3,(H,25,27,28). The minimum absolute atomic E-state index is 0.0251. The number of nitrogens with one attached hydrogen (secondary N) is 1. The molecule has 3 heterocycles. The molecule has 0 spiro atoms. The van der Waals surface area contributed by atoms with Crippen LogP contribution in [-0.4, -0.2) is 93.6 Å². The summed E-state index contributed by atoms with van der Waals surface area (Å²) in [4.78, 5) is 9.80. The topological polar surface area (TPSA) is 116 Å². The fourth-order valence-corrected chi connectivity index (χ4v) is 5.36. The van der Waals surface area contributed by atoms with Gasteiger partial charge < -0.3 is 15.3 Å². The summed E-state index contributed by atoms with van der Waals surface area (Å²) in [7, 11) is 0.246. The van der Waals surface area contributed by atoms with Crippen molar-refractivity contribution < 1.29 is 26.7 Å². The van der Waals surface area contributed by atoms with E-state index < -0.39 is 27.4 Å². The highest BCUT2D eigenvalue weighted by molar-refractivity contribution is 7.89. The van der Waals surface area contributed by atoms with Gasteiger partial charge in [-0.2, -0.15) is 18.3 Å². The van der Waals surface area contributed by atoms with Gasteiger partial charge in [0, 0.05) is 43.6 Å². The zero-order valence-electron chi connectivity index (χ0n) is 20.2. The number of aliphatic hydroxyl groups is 1. The number of sulfonamides is 1. The van der Waals surface area contributed by atoms with E-state index >= 15 is 0 Å². The molecule has 35 heavy (non-hydrogen) atoms. The van der Waals surface area contributed by atoms with E-state index in [1.807, 2.05) is 14.1 Å². The molecule has 1 aliphatic heterocycles. The number of hydrogen-bond donors (Lipinski definition) is 2. The molecule has 0 aromatic carbocycles. The van der Waals surface area contributed by atoms with Crippen molar-refractivity contribution in [1.29, 1.82) is 0 Å². The first-order valence-corrected chi connectivity index (χ1v) is 12.8. The lowest BCUT2D eigenvalue weighted by molar-refractivity contribution is -0.137. The number of aromatic nitrogens is 4. The van der Waals surface area contributed by atoms with Gasteiger partial charge in [0.25, 0.3) is 0 Å². The maximum Gasteiger partial charge on any atom is 0.419 e. The molecule has 0 radical (unpaired) electrons. The second kappa shape index (κ2) is 10.4. The highest BCUT2D eigenvalue weighted by Gasteiger charge is 2.36. The van der Waals surface area contributed by atoms with E-state index in [-0.39, 0.29) is 35.5 Å². The molecule has 1 fully saturated rings. The number of anilines is 1. The SMILES string of the molecule is CN(C)CCS(=O)(=O)N1CCC(Nc2ncc(C(F)(F)F)c(-c3cnn(CC(C)(C)O)c3)n2)CC1. The predicted octanol–water partition coefficient (Wildman–Crippen LogP) is 1.90. The van der Waals surface area contributed by atoms with Gasteiger partial charge in [-0.25, -0.2) is 22.7 Å². The van der Waals surface area contributed by atoms with Crippen molar-refractivity contribution in [2.24, 2.45) is 0 Å². The van der Waals surface area contributed by atoms with Gasteiger partial charge in [0.1, 0.15) is 5.56 Å². The van der Waals surface area contributed by atoms with Crippen molar-refractivity contribution in [2.75, 3.05) is 44.8 Å². The molecule has 2 aromatic rings. The van der Waals surface area contributed by atoms with Crippen LogP contribution in [0.1, 0.15) is 32.3 Å². The molecular formula is C21H32F3N7O3S. The zero-order valence-corrected chi connectivity index (χ0v) is 21.1. The molecule has 0 aliphatic carbocycles. The first kappa shape index (κ1) is 27.3. The second-order valence-corrected chi connectivity index (χ2v) is 11.7. The Morgan fingerprint density at radius 3 is 2.43 bits per heavy atom. The largest absolute Gasteiger partial charge is 0.419 e. The summed E-state index contributed by atoms with van der Waals surface area (Å²) in [5, 5.41) is 17.1. The van der Waals surface area contributed by atoms with E-state index in [1.165, 1.54) is 21.4 Å². The summed E-state index contributed by atoms with van der Waals surface area (Å²) in [6.45, 7) is 4.28. The number of nitrogens with zero attached hydrogens (tertiary/aromatic N) is 6. The van der Waals surface area contributed by atoms with Crippen molar-refractivity contribution in [3.8, 4) is 11.3 Å². The zero-order chi connectivity index (χ0) is 26.0. The number of piperidine rings is 1. The van der Waals surface area contributed by atoms with Crippen molar-refractivity contribution >= 4 is 16.0 Å². The number of halogens is 3. The third kappa shape index (κ3) is 7.59. The van der Waals surface area contributed by atoms with Crippen LogP contribution >= 0.6 is 0 Å². The van der Waals surface area contributed by atoms with Crippen molar-refractivity contribution in [3.05, 3.63) is 24.2 Å². The molecular weight excluding hydrogens is 487 g/mol. The van der Waals surface area contributed by atoms with Crippen LogP contribution in [-0.2, 0) is 22.7 Å². The quantitative estimate of drug-likeness (QED) is 0.516. The van der Waals surface area contributed by atoms with Gasteiger partial charge in [-0.3, -0.25) is 4.68 Å². The predicted molar refractivity (Wildman–Crippen MR) is 125 cm³/mol. The van der Waals surface area contributed by atoms with Crippen LogP contribution in [0.2, 0.25) is 0 Å². The maximum atomic E-state index is 13.6. The van der Waals surface area contributed by atoms with Gasteiger partial charge in [-0.05, 0) is 40.8 Å². The first-order valence-electron chi connectivity index (χ1n) is 11.2. The van der Waals surface area contributed by atoms with Crippen LogP contribution < -0.4 is 5.32 Å². The van der Waals surface area contributed by atoms with Gasteiger partial charge in [0.05, 0.1) is 29.8 Å². The Morgan fingerprint density at radius 1 is 1.20 bits per heavy atom. The first-order chi connectivity index (χ1) is 16.1. The Morgan fingerprint density at radius 2 is 1.86 bits per heavy atom. The monoisotopic (exact) mass is 519 g/mol. The molecule has 2 N–H and O–H groups in total. The molecule has 2 aromatic heterocycles. The maximum absolute atomic E-state index is 13.6. The molecule has 0 saturated carbocycles. The summed E-state index contributed by atoms with van der Waals surface area (Å²) >= 11 is 0. The van der Waals surface area contributed by atoms with Crippen molar-refractivity contribution in [1.82, 2.24) is 29.0 Å². The minimum atomic E-state index is -4.67. The minimum Gasteiger partial charge on any atom is -0.389 e. The molecule has 3 rings (SSSR count). The molecule has 196 valence electrons. The summed E-state index contributed by atoms with van der Waals surface area (Å²) in [5.41, 5.74) is -2.26. The highest BCUT2D eigenvalue weighted by atomic mass is 32.2. The molecule has 0 atom stereocenters. The Kier molecular flexibility index (Phi) is 8.09. The van der Waals surface area contributed by atoms with Gasteiger partial charge in [0.15, 0.2) is 0 Å². The second-order valence-electron chi connectivity index (χ2n) is 9.63. The van der Waals surface area contributed by atoms with E-state index in [0.717, 1.165) is 6.20 Å². The van der Waals surface area contributed by atoms with Crippen molar-refractivity contribution in [3.63, 3.8) is 0 Å². The van der Waals surface area contributed by atoms with Crippen molar-refractivity contribution in [2.45, 2.75) is 51.1 Å². The Balaban J connectivity index is 1.74. The summed E-state index contributed by atoms with van der Waals surface area (Å²) in [6.07, 6.45) is -0.313. The molecule has 0 amide bonds. The van der Waals surface area contributed by atoms with Gasteiger partial charge >= 0.3 is 6.18 Å². The van der Waals surface area contributed by atoms with Crippen LogP contribution in [0, 0.1) is 0 Å². The Bertz CT molecular complexity index is 1110. The summed E-state index contributed by atoms with van der Waals surface area (Å²) < 4.78 is 68.7. The third-order valence-electron chi connectivity index (χ3n) is 5.53. The van der Waals surface area contributed by atoms with Crippen LogP contribution in [0.25, 0.3) is 11.3 Å². The van der Waals surface area contributed by atoms with Crippen LogP contribution in [0.4, 0.5) is 19.1 Å². The summed E-state index contributed by atoms with van der Waals surface area (Å²) in [6, 6.07) is -0.183. The van der Waals surface area contributed by atoms with E-state index in [2.05, 4.69) is 20.4 Å². The lowest BCUT2D eigenvalue weighted by Crippen LogP contribution is -2.44. The smallest absolute Gasteiger partial charge is 0.389 e. The lowest BCUT2D eigenvalue weighted by atomic mass is 10.1. The average Bonchev–Trinajstić information content (AvgIpc) is 3.18. The molecule has 10 nitrogen and oxygen atoms in total. The fourth-order valence-electron chi connectivity index (χ4n) is 3.74. The Labute approximate surface area is 203 Å². The third-order valence-corrected chi connectivity index (χ3v) is 7.38. The van der Waals surface area contributed by atoms with Gasteiger partial charge in [0.2, 0.25) is 16.0 Å². The molecule has 14 heteroatoms. The Hall–Kier alpha value is -2.29. The van der Waals surface area contributed by atoms with Gasteiger partial charge in [-0.15, -0.1) is 0 Å². The molecule has 1 saturated heterocycles. The normalized spacial score (nSPS) is 16.7. The van der Waals surface area contributed by atoms with Gasteiger partial charge in [-0.1, -0.05) is 0 Å². The lowest BCUT2D eigenvalue weighted by Gasteiger charge is -2.32.